The lowest BCUT2D eigenvalue weighted by molar-refractivity contribution is 0.0605. The monoisotopic (exact) mass is 251 g/mol. The maximum absolute atomic E-state index is 11.0. The molecule has 0 unspecified atom stereocenters. The molecule has 66 valence electrons. The van der Waals surface area contributed by atoms with Gasteiger partial charge in [0.05, 0.1) is 12.8 Å². The first-order chi connectivity index (χ1) is 5.69. The normalized spacial score (nSPS) is 9.83. The first-order valence-corrected chi connectivity index (χ1v) is 4.99. The second-order valence-electron chi connectivity index (χ2n) is 1.95. The molecule has 1 heterocycles. The molecule has 0 aliphatic heterocycles. The highest BCUT2D eigenvalue weighted by Crippen LogP contribution is 2.13. The molecule has 1 N–H and O–H groups in total. The lowest BCUT2D eigenvalue weighted by atomic mass is 10.4. The zero-order chi connectivity index (χ0) is 9.14. The summed E-state index contributed by atoms with van der Waals surface area (Å²) < 4.78 is 4.48. The van der Waals surface area contributed by atoms with Gasteiger partial charge in [0.25, 0.3) is 0 Å². The summed E-state index contributed by atoms with van der Waals surface area (Å²) in [6.07, 6.45) is 0. The molecule has 0 fully saturated rings. The minimum atomic E-state index is -0.479. The topological polar surface area (TPSA) is 59.2 Å². The van der Waals surface area contributed by atoms with Crippen molar-refractivity contribution in [3.05, 3.63) is 20.2 Å². The maximum atomic E-state index is 11.0. The molecule has 1 aromatic rings. The van der Waals surface area contributed by atoms with Gasteiger partial charge in [-0.25, -0.2) is 4.79 Å². The lowest BCUT2D eigenvalue weighted by Crippen LogP contribution is -2.01. The summed E-state index contributed by atoms with van der Waals surface area (Å²) in [5.74, 6) is -0.479. The van der Waals surface area contributed by atoms with Crippen LogP contribution in [0.5, 0.6) is 0 Å². The molecular formula is C6H6BrNO3S. The molecule has 0 bridgehead atoms. The number of aromatic nitrogens is 1. The number of ether oxygens (including phenoxy) is 1. The number of carbonyl (C=O) groups is 1. The van der Waals surface area contributed by atoms with Crippen LogP contribution in [0.2, 0.25) is 0 Å². The average molecular weight is 252 g/mol. The Morgan fingerprint density at radius 1 is 1.75 bits per heavy atom. The molecule has 0 saturated carbocycles. The number of esters is 1. The number of halogens is 1. The summed E-state index contributed by atoms with van der Waals surface area (Å²) >= 11 is 4.00. The molecule has 0 saturated heterocycles. The van der Waals surface area contributed by atoms with Crippen molar-refractivity contribution in [2.45, 2.75) is 5.33 Å². The van der Waals surface area contributed by atoms with Crippen LogP contribution in [-0.2, 0) is 10.1 Å². The lowest BCUT2D eigenvalue weighted by Gasteiger charge is -1.95. The molecule has 0 aliphatic carbocycles. The van der Waals surface area contributed by atoms with Gasteiger partial charge in [-0.3, -0.25) is 4.79 Å². The summed E-state index contributed by atoms with van der Waals surface area (Å²) in [6, 6.07) is 0. The van der Waals surface area contributed by atoms with Crippen molar-refractivity contribution in [2.24, 2.45) is 0 Å². The summed E-state index contributed by atoms with van der Waals surface area (Å²) in [4.78, 5) is 24.5. The molecule has 12 heavy (non-hydrogen) atoms. The van der Waals surface area contributed by atoms with E-state index in [1.165, 1.54) is 7.11 Å². The summed E-state index contributed by atoms with van der Waals surface area (Å²) in [5, 5.41) is 0.441. The van der Waals surface area contributed by atoms with Gasteiger partial charge in [0.1, 0.15) is 4.88 Å². The van der Waals surface area contributed by atoms with Crippen molar-refractivity contribution in [1.29, 1.82) is 0 Å². The number of hydrogen-bond donors (Lipinski definition) is 1. The van der Waals surface area contributed by atoms with Crippen LogP contribution < -0.4 is 4.87 Å². The maximum Gasteiger partial charge on any atom is 0.350 e. The van der Waals surface area contributed by atoms with E-state index in [-0.39, 0.29) is 4.87 Å². The van der Waals surface area contributed by atoms with E-state index in [0.29, 0.717) is 15.9 Å². The van der Waals surface area contributed by atoms with Crippen molar-refractivity contribution in [3.8, 4) is 0 Å². The number of alkyl halides is 1. The van der Waals surface area contributed by atoms with Crippen molar-refractivity contribution in [1.82, 2.24) is 4.98 Å². The number of rotatable bonds is 2. The number of thiazole rings is 1. The van der Waals surface area contributed by atoms with Gasteiger partial charge in [0, 0.05) is 5.33 Å². The summed E-state index contributed by atoms with van der Waals surface area (Å²) in [6.45, 7) is 0. The standard InChI is InChI=1S/C6H6BrNO3S/c1-11-5(9)4-3(2-7)8-6(10)12-4/h2H2,1H3,(H,8,10). The van der Waals surface area contributed by atoms with Crippen molar-refractivity contribution in [2.75, 3.05) is 7.11 Å². The van der Waals surface area contributed by atoms with Crippen LogP contribution in [-0.4, -0.2) is 18.1 Å². The number of H-pyrrole nitrogens is 1. The van der Waals surface area contributed by atoms with Crippen LogP contribution >= 0.6 is 27.3 Å². The van der Waals surface area contributed by atoms with E-state index in [9.17, 15) is 9.59 Å². The quantitative estimate of drug-likeness (QED) is 0.633. The number of carbonyl (C=O) groups excluding carboxylic acids is 1. The molecule has 0 amide bonds. The molecule has 0 spiro atoms. The zero-order valence-corrected chi connectivity index (χ0v) is 8.62. The Labute approximate surface area is 80.7 Å². The molecule has 6 heteroatoms. The molecule has 1 aromatic heterocycles. The van der Waals surface area contributed by atoms with Crippen LogP contribution in [0.1, 0.15) is 15.4 Å². The van der Waals surface area contributed by atoms with Gasteiger partial charge in [-0.05, 0) is 0 Å². The second-order valence-corrected chi connectivity index (χ2v) is 3.49. The third-order valence-corrected chi connectivity index (χ3v) is 2.69. The summed E-state index contributed by atoms with van der Waals surface area (Å²) in [5.41, 5.74) is 0.567. The third kappa shape index (κ3) is 1.75. The number of nitrogens with one attached hydrogen (secondary N) is 1. The molecule has 0 aromatic carbocycles. The van der Waals surface area contributed by atoms with Crippen LogP contribution in [0.15, 0.2) is 4.79 Å². The van der Waals surface area contributed by atoms with Crippen molar-refractivity contribution >= 4 is 33.2 Å². The Kier molecular flexibility index (Phi) is 3.05. The zero-order valence-electron chi connectivity index (χ0n) is 6.22. The van der Waals surface area contributed by atoms with E-state index < -0.39 is 5.97 Å². The highest BCUT2D eigenvalue weighted by Gasteiger charge is 2.14. The summed E-state index contributed by atoms with van der Waals surface area (Å²) in [7, 11) is 1.28. The van der Waals surface area contributed by atoms with E-state index in [1.54, 1.807) is 0 Å². The van der Waals surface area contributed by atoms with Crippen LogP contribution in [0.4, 0.5) is 0 Å². The van der Waals surface area contributed by atoms with Crippen LogP contribution in [0.25, 0.3) is 0 Å². The van der Waals surface area contributed by atoms with Gasteiger partial charge in [0.2, 0.25) is 0 Å². The Hall–Kier alpha value is -0.620. The second kappa shape index (κ2) is 3.86. The number of hydrogen-bond acceptors (Lipinski definition) is 4. The van der Waals surface area contributed by atoms with Gasteiger partial charge >= 0.3 is 10.8 Å². The van der Waals surface area contributed by atoms with E-state index in [4.69, 9.17) is 0 Å². The van der Waals surface area contributed by atoms with E-state index in [2.05, 4.69) is 25.7 Å². The van der Waals surface area contributed by atoms with Crippen LogP contribution in [0, 0.1) is 0 Å². The van der Waals surface area contributed by atoms with Crippen molar-refractivity contribution < 1.29 is 9.53 Å². The van der Waals surface area contributed by atoms with Gasteiger partial charge < -0.3 is 9.72 Å². The Morgan fingerprint density at radius 3 is 2.92 bits per heavy atom. The molecule has 0 aliphatic rings. The highest BCUT2D eigenvalue weighted by molar-refractivity contribution is 9.08. The minimum Gasteiger partial charge on any atom is -0.465 e. The largest absolute Gasteiger partial charge is 0.465 e. The minimum absolute atomic E-state index is 0.246. The van der Waals surface area contributed by atoms with Gasteiger partial charge in [-0.15, -0.1) is 0 Å². The number of aromatic amines is 1. The fourth-order valence-corrected chi connectivity index (χ4v) is 2.09. The highest BCUT2D eigenvalue weighted by atomic mass is 79.9. The smallest absolute Gasteiger partial charge is 0.350 e. The fraction of sp³-hybridized carbons (Fsp3) is 0.333. The third-order valence-electron chi connectivity index (χ3n) is 1.23. The molecule has 0 atom stereocenters. The first kappa shape index (κ1) is 9.47. The molecule has 0 radical (unpaired) electrons. The van der Waals surface area contributed by atoms with Gasteiger partial charge in [0.15, 0.2) is 0 Å². The van der Waals surface area contributed by atoms with Gasteiger partial charge in [-0.2, -0.15) is 0 Å². The molecular weight excluding hydrogens is 246 g/mol. The molecule has 1 rings (SSSR count). The van der Waals surface area contributed by atoms with E-state index >= 15 is 0 Å². The van der Waals surface area contributed by atoms with Crippen molar-refractivity contribution in [3.63, 3.8) is 0 Å². The average Bonchev–Trinajstić information content (AvgIpc) is 2.45. The van der Waals surface area contributed by atoms with Gasteiger partial charge in [-0.1, -0.05) is 27.3 Å². The van der Waals surface area contributed by atoms with Crippen LogP contribution in [0.3, 0.4) is 0 Å². The predicted molar refractivity (Wildman–Crippen MR) is 48.9 cm³/mol. The Morgan fingerprint density at radius 2 is 2.42 bits per heavy atom. The SMILES string of the molecule is COC(=O)c1sc(=O)[nH]c1CBr. The Balaban J connectivity index is 3.13. The first-order valence-electron chi connectivity index (χ1n) is 3.05. The molecule has 4 nitrogen and oxygen atoms in total. The Bertz CT molecular complexity index is 343. The number of methoxy groups -OCH3 is 1. The van der Waals surface area contributed by atoms with E-state index in [1.807, 2.05) is 0 Å². The fourth-order valence-electron chi connectivity index (χ4n) is 0.711. The predicted octanol–water partition coefficient (Wildman–Crippen LogP) is 1.12. The van der Waals surface area contributed by atoms with E-state index in [0.717, 1.165) is 11.3 Å².